The van der Waals surface area contributed by atoms with Gasteiger partial charge in [-0.2, -0.15) is 0 Å². The Balaban J connectivity index is 2.08. The SMILES string of the molecule is CN(CCc1ccncc1)c1ccc(F)cc1C=O. The molecule has 0 radical (unpaired) electrons. The molecule has 1 heterocycles. The van der Waals surface area contributed by atoms with Crippen molar-refractivity contribution in [2.45, 2.75) is 6.42 Å². The van der Waals surface area contributed by atoms with E-state index < -0.39 is 5.82 Å². The van der Waals surface area contributed by atoms with Crippen LogP contribution in [0.15, 0.2) is 42.7 Å². The summed E-state index contributed by atoms with van der Waals surface area (Å²) in [6.45, 7) is 0.747. The Kier molecular flexibility index (Phi) is 4.23. The highest BCUT2D eigenvalue weighted by Crippen LogP contribution is 2.19. The quantitative estimate of drug-likeness (QED) is 0.773. The van der Waals surface area contributed by atoms with Crippen molar-refractivity contribution in [3.8, 4) is 0 Å². The minimum Gasteiger partial charge on any atom is -0.374 e. The molecule has 0 saturated heterocycles. The number of pyridine rings is 1. The van der Waals surface area contributed by atoms with Gasteiger partial charge in [0.05, 0.1) is 0 Å². The molecule has 0 N–H and O–H groups in total. The van der Waals surface area contributed by atoms with Crippen LogP contribution in [0.1, 0.15) is 15.9 Å². The molecular formula is C15H15FN2O. The fraction of sp³-hybridized carbons (Fsp3) is 0.200. The van der Waals surface area contributed by atoms with Crippen molar-refractivity contribution in [3.05, 3.63) is 59.7 Å². The lowest BCUT2D eigenvalue weighted by molar-refractivity contribution is 0.112. The second-order valence-corrected chi connectivity index (χ2v) is 4.35. The van der Waals surface area contributed by atoms with E-state index in [9.17, 15) is 9.18 Å². The number of carbonyl (C=O) groups excluding carboxylic acids is 1. The lowest BCUT2D eigenvalue weighted by atomic mass is 10.1. The van der Waals surface area contributed by atoms with Gasteiger partial charge in [-0.3, -0.25) is 9.78 Å². The Hall–Kier alpha value is -2.23. The maximum absolute atomic E-state index is 13.1. The second kappa shape index (κ2) is 6.09. The molecule has 3 nitrogen and oxygen atoms in total. The van der Waals surface area contributed by atoms with E-state index in [2.05, 4.69) is 4.98 Å². The zero-order valence-corrected chi connectivity index (χ0v) is 10.7. The molecule has 0 aliphatic rings. The Morgan fingerprint density at radius 1 is 1.26 bits per heavy atom. The molecular weight excluding hydrogens is 243 g/mol. The van der Waals surface area contributed by atoms with Crippen molar-refractivity contribution < 1.29 is 9.18 Å². The standard InChI is InChI=1S/C15H15FN2O/c1-18(9-6-12-4-7-17-8-5-12)15-3-2-14(16)10-13(15)11-19/h2-5,7-8,10-11H,6,9H2,1H3. The van der Waals surface area contributed by atoms with E-state index in [1.54, 1.807) is 18.5 Å². The van der Waals surface area contributed by atoms with E-state index in [1.807, 2.05) is 24.1 Å². The fourth-order valence-corrected chi connectivity index (χ4v) is 1.93. The number of hydrogen-bond donors (Lipinski definition) is 0. The summed E-state index contributed by atoms with van der Waals surface area (Å²) in [5.41, 5.74) is 2.29. The molecule has 0 amide bonds. The van der Waals surface area contributed by atoms with Crippen LogP contribution in [0.5, 0.6) is 0 Å². The summed E-state index contributed by atoms with van der Waals surface area (Å²) in [6.07, 6.45) is 5.03. The number of hydrogen-bond acceptors (Lipinski definition) is 3. The molecule has 0 aliphatic heterocycles. The minimum absolute atomic E-state index is 0.372. The predicted octanol–water partition coefficient (Wildman–Crippen LogP) is 2.71. The van der Waals surface area contributed by atoms with Gasteiger partial charge in [-0.1, -0.05) is 0 Å². The van der Waals surface area contributed by atoms with Crippen molar-refractivity contribution in [1.82, 2.24) is 4.98 Å². The third-order valence-corrected chi connectivity index (χ3v) is 3.01. The topological polar surface area (TPSA) is 33.2 Å². The van der Waals surface area contributed by atoms with Crippen LogP contribution in [0, 0.1) is 5.82 Å². The van der Waals surface area contributed by atoms with Crippen LogP contribution in [0.25, 0.3) is 0 Å². The Morgan fingerprint density at radius 3 is 2.68 bits per heavy atom. The molecule has 2 aromatic rings. The van der Waals surface area contributed by atoms with Crippen LogP contribution in [-0.2, 0) is 6.42 Å². The second-order valence-electron chi connectivity index (χ2n) is 4.35. The van der Waals surface area contributed by atoms with Crippen LogP contribution >= 0.6 is 0 Å². The van der Waals surface area contributed by atoms with E-state index >= 15 is 0 Å². The number of likely N-dealkylation sites (N-methyl/N-ethyl adjacent to an activating group) is 1. The first-order valence-electron chi connectivity index (χ1n) is 6.05. The molecule has 0 aliphatic carbocycles. The van der Waals surface area contributed by atoms with Crippen LogP contribution in [0.3, 0.4) is 0 Å². The largest absolute Gasteiger partial charge is 0.374 e. The zero-order valence-electron chi connectivity index (χ0n) is 10.7. The first kappa shape index (κ1) is 13.2. The zero-order chi connectivity index (χ0) is 13.7. The number of carbonyl (C=O) groups is 1. The highest BCUT2D eigenvalue weighted by atomic mass is 19.1. The molecule has 0 unspecified atom stereocenters. The number of halogens is 1. The van der Waals surface area contributed by atoms with Crippen LogP contribution < -0.4 is 4.90 Å². The van der Waals surface area contributed by atoms with Gasteiger partial charge in [0.1, 0.15) is 5.82 Å². The minimum atomic E-state index is -0.395. The fourth-order valence-electron chi connectivity index (χ4n) is 1.93. The molecule has 2 rings (SSSR count). The summed E-state index contributed by atoms with van der Waals surface area (Å²) in [5.74, 6) is -0.395. The van der Waals surface area contributed by atoms with Crippen molar-refractivity contribution in [1.29, 1.82) is 0 Å². The maximum Gasteiger partial charge on any atom is 0.152 e. The molecule has 0 bridgehead atoms. The van der Waals surface area contributed by atoms with E-state index in [4.69, 9.17) is 0 Å². The lowest BCUT2D eigenvalue weighted by Crippen LogP contribution is -2.21. The van der Waals surface area contributed by atoms with Gasteiger partial charge in [0, 0.05) is 37.2 Å². The molecule has 4 heteroatoms. The number of nitrogens with zero attached hydrogens (tertiary/aromatic N) is 2. The number of rotatable bonds is 5. The number of anilines is 1. The van der Waals surface area contributed by atoms with Crippen molar-refractivity contribution in [2.75, 3.05) is 18.5 Å². The van der Waals surface area contributed by atoms with E-state index in [1.165, 1.54) is 17.7 Å². The molecule has 1 aromatic carbocycles. The molecule has 0 fully saturated rings. The van der Waals surface area contributed by atoms with Crippen molar-refractivity contribution >= 4 is 12.0 Å². The van der Waals surface area contributed by atoms with Crippen molar-refractivity contribution in [2.24, 2.45) is 0 Å². The summed E-state index contributed by atoms with van der Waals surface area (Å²) in [5, 5.41) is 0. The maximum atomic E-state index is 13.1. The monoisotopic (exact) mass is 258 g/mol. The normalized spacial score (nSPS) is 10.2. The average Bonchev–Trinajstić information content (AvgIpc) is 2.45. The number of benzene rings is 1. The first-order chi connectivity index (χ1) is 9.20. The van der Waals surface area contributed by atoms with Crippen molar-refractivity contribution in [3.63, 3.8) is 0 Å². The van der Waals surface area contributed by atoms with Gasteiger partial charge in [0.25, 0.3) is 0 Å². The highest BCUT2D eigenvalue weighted by molar-refractivity contribution is 5.84. The summed E-state index contributed by atoms with van der Waals surface area (Å²) >= 11 is 0. The smallest absolute Gasteiger partial charge is 0.152 e. The van der Waals surface area contributed by atoms with E-state index in [-0.39, 0.29) is 0 Å². The summed E-state index contributed by atoms with van der Waals surface area (Å²) in [4.78, 5) is 16.9. The molecule has 0 spiro atoms. The van der Waals surface area contributed by atoms with Gasteiger partial charge in [-0.15, -0.1) is 0 Å². The molecule has 0 saturated carbocycles. The predicted molar refractivity (Wildman–Crippen MR) is 73.0 cm³/mol. The summed E-state index contributed by atoms with van der Waals surface area (Å²) < 4.78 is 13.1. The Bertz CT molecular complexity index is 557. The third kappa shape index (κ3) is 3.37. The Morgan fingerprint density at radius 2 is 2.00 bits per heavy atom. The van der Waals surface area contributed by atoms with Gasteiger partial charge in [0.2, 0.25) is 0 Å². The Labute approximate surface area is 111 Å². The van der Waals surface area contributed by atoms with Crippen LogP contribution in [0.2, 0.25) is 0 Å². The van der Waals surface area contributed by atoms with Gasteiger partial charge in [-0.25, -0.2) is 4.39 Å². The number of aldehydes is 1. The van der Waals surface area contributed by atoms with E-state index in [0.29, 0.717) is 11.8 Å². The molecule has 19 heavy (non-hydrogen) atoms. The summed E-state index contributed by atoms with van der Waals surface area (Å²) in [7, 11) is 1.89. The summed E-state index contributed by atoms with van der Waals surface area (Å²) in [6, 6.07) is 8.17. The van der Waals surface area contributed by atoms with Gasteiger partial charge in [0.15, 0.2) is 6.29 Å². The van der Waals surface area contributed by atoms with Gasteiger partial charge in [-0.05, 0) is 42.3 Å². The molecule has 0 atom stereocenters. The van der Waals surface area contributed by atoms with E-state index in [0.717, 1.165) is 18.7 Å². The van der Waals surface area contributed by atoms with Gasteiger partial charge >= 0.3 is 0 Å². The average molecular weight is 258 g/mol. The highest BCUT2D eigenvalue weighted by Gasteiger charge is 2.08. The van der Waals surface area contributed by atoms with Crippen LogP contribution in [-0.4, -0.2) is 24.9 Å². The molecule has 1 aromatic heterocycles. The lowest BCUT2D eigenvalue weighted by Gasteiger charge is -2.21. The third-order valence-electron chi connectivity index (χ3n) is 3.01. The molecule has 98 valence electrons. The van der Waals surface area contributed by atoms with Crippen LogP contribution in [0.4, 0.5) is 10.1 Å². The van der Waals surface area contributed by atoms with Gasteiger partial charge < -0.3 is 4.90 Å². The number of aromatic nitrogens is 1. The first-order valence-corrected chi connectivity index (χ1v) is 6.05.